The highest BCUT2D eigenvalue weighted by Gasteiger charge is 2.39. The van der Waals surface area contributed by atoms with Crippen molar-refractivity contribution < 1.29 is 4.74 Å². The Morgan fingerprint density at radius 3 is 3.00 bits per heavy atom. The Morgan fingerprint density at radius 2 is 2.21 bits per heavy atom. The summed E-state index contributed by atoms with van der Waals surface area (Å²) < 4.78 is 5.59. The van der Waals surface area contributed by atoms with Gasteiger partial charge in [0.25, 0.3) is 0 Å². The third kappa shape index (κ3) is 2.06. The van der Waals surface area contributed by atoms with Gasteiger partial charge < -0.3 is 10.1 Å². The first-order valence-electron chi connectivity index (χ1n) is 7.81. The molecular weight excluding hydrogens is 234 g/mol. The summed E-state index contributed by atoms with van der Waals surface area (Å²) in [6.45, 7) is 3.16. The van der Waals surface area contributed by atoms with Gasteiger partial charge in [0.15, 0.2) is 0 Å². The highest BCUT2D eigenvalue weighted by atomic mass is 16.5. The average molecular weight is 257 g/mol. The van der Waals surface area contributed by atoms with Crippen LogP contribution in [0.2, 0.25) is 0 Å². The van der Waals surface area contributed by atoms with Crippen molar-refractivity contribution in [1.82, 2.24) is 5.32 Å². The molecule has 4 atom stereocenters. The normalized spacial score (nSPS) is 33.2. The van der Waals surface area contributed by atoms with Crippen LogP contribution >= 0.6 is 0 Å². The zero-order chi connectivity index (χ0) is 12.8. The molecule has 19 heavy (non-hydrogen) atoms. The quantitative estimate of drug-likeness (QED) is 0.895. The lowest BCUT2D eigenvalue weighted by molar-refractivity contribution is 0.327. The van der Waals surface area contributed by atoms with E-state index in [0.29, 0.717) is 6.04 Å². The van der Waals surface area contributed by atoms with Crippen LogP contribution in [0.15, 0.2) is 18.2 Å². The minimum Gasteiger partial charge on any atom is -0.493 e. The maximum atomic E-state index is 5.59. The molecule has 1 N–H and O–H groups in total. The van der Waals surface area contributed by atoms with E-state index >= 15 is 0 Å². The predicted molar refractivity (Wildman–Crippen MR) is 76.4 cm³/mol. The van der Waals surface area contributed by atoms with E-state index in [4.69, 9.17) is 4.74 Å². The Balaban J connectivity index is 1.47. The van der Waals surface area contributed by atoms with Gasteiger partial charge >= 0.3 is 0 Å². The van der Waals surface area contributed by atoms with Gasteiger partial charge in [-0.05, 0) is 55.2 Å². The molecule has 2 heteroatoms. The molecule has 2 fully saturated rings. The molecule has 0 spiro atoms. The first-order valence-corrected chi connectivity index (χ1v) is 7.81. The molecule has 2 nitrogen and oxygen atoms in total. The molecule has 0 saturated heterocycles. The van der Waals surface area contributed by atoms with Gasteiger partial charge in [-0.25, -0.2) is 0 Å². The Labute approximate surface area is 115 Å². The van der Waals surface area contributed by atoms with E-state index in [9.17, 15) is 0 Å². The first-order chi connectivity index (χ1) is 9.29. The van der Waals surface area contributed by atoms with Crippen molar-refractivity contribution >= 4 is 0 Å². The lowest BCUT2D eigenvalue weighted by Gasteiger charge is -2.27. The van der Waals surface area contributed by atoms with Gasteiger partial charge in [0.2, 0.25) is 0 Å². The van der Waals surface area contributed by atoms with Gasteiger partial charge in [0, 0.05) is 18.5 Å². The van der Waals surface area contributed by atoms with Gasteiger partial charge in [-0.1, -0.05) is 18.6 Å². The average Bonchev–Trinajstić information content (AvgIpc) is 3.13. The van der Waals surface area contributed by atoms with Gasteiger partial charge in [-0.3, -0.25) is 0 Å². The van der Waals surface area contributed by atoms with Crippen LogP contribution in [0.4, 0.5) is 0 Å². The van der Waals surface area contributed by atoms with Crippen molar-refractivity contribution in [2.24, 2.45) is 11.8 Å². The van der Waals surface area contributed by atoms with Crippen molar-refractivity contribution in [3.05, 3.63) is 29.3 Å². The fraction of sp³-hybridized carbons (Fsp3) is 0.647. The summed E-state index contributed by atoms with van der Waals surface area (Å²) in [5, 5.41) is 3.88. The van der Waals surface area contributed by atoms with Crippen molar-refractivity contribution in [3.63, 3.8) is 0 Å². The van der Waals surface area contributed by atoms with Crippen molar-refractivity contribution in [2.75, 3.05) is 6.61 Å². The molecule has 0 amide bonds. The summed E-state index contributed by atoms with van der Waals surface area (Å²) in [4.78, 5) is 0. The number of hydrogen-bond acceptors (Lipinski definition) is 2. The number of ether oxygens (including phenoxy) is 1. The standard InChI is InChI=1S/C17H23NO/c1-11(18-16-9-12-2-3-14(16)8-12)13-4-5-17-15(10-13)6-7-19-17/h4-5,10-12,14,16,18H,2-3,6-9H2,1H3. The van der Waals surface area contributed by atoms with Crippen LogP contribution in [0, 0.1) is 11.8 Å². The Hall–Kier alpha value is -1.02. The Morgan fingerprint density at radius 1 is 1.26 bits per heavy atom. The monoisotopic (exact) mass is 257 g/mol. The molecule has 1 aromatic carbocycles. The van der Waals surface area contributed by atoms with E-state index in [2.05, 4.69) is 30.4 Å². The Kier molecular flexibility index (Phi) is 2.80. The van der Waals surface area contributed by atoms with Crippen LogP contribution in [0.5, 0.6) is 5.75 Å². The van der Waals surface area contributed by atoms with Gasteiger partial charge in [-0.15, -0.1) is 0 Å². The summed E-state index contributed by atoms with van der Waals surface area (Å²) >= 11 is 0. The van der Waals surface area contributed by atoms with Gasteiger partial charge in [0.05, 0.1) is 6.61 Å². The van der Waals surface area contributed by atoms with E-state index in [1.165, 1.54) is 36.8 Å². The number of rotatable bonds is 3. The van der Waals surface area contributed by atoms with Crippen molar-refractivity contribution in [3.8, 4) is 5.75 Å². The predicted octanol–water partition coefficient (Wildman–Crippen LogP) is 3.46. The molecule has 2 bridgehead atoms. The third-order valence-corrected chi connectivity index (χ3v) is 5.42. The molecule has 1 heterocycles. The molecule has 0 aromatic heterocycles. The van der Waals surface area contributed by atoms with Crippen LogP contribution in [0.3, 0.4) is 0 Å². The topological polar surface area (TPSA) is 21.3 Å². The van der Waals surface area contributed by atoms with E-state index in [1.54, 1.807) is 0 Å². The second-order valence-electron chi connectivity index (χ2n) is 6.64. The molecule has 102 valence electrons. The Bertz CT molecular complexity index is 484. The summed E-state index contributed by atoms with van der Waals surface area (Å²) in [7, 11) is 0. The van der Waals surface area contributed by atoms with E-state index in [0.717, 1.165) is 36.7 Å². The van der Waals surface area contributed by atoms with Crippen molar-refractivity contribution in [2.45, 2.75) is 51.1 Å². The van der Waals surface area contributed by atoms with Crippen LogP contribution in [-0.4, -0.2) is 12.6 Å². The number of nitrogens with one attached hydrogen (secondary N) is 1. The molecule has 2 saturated carbocycles. The number of benzene rings is 1. The fourth-order valence-electron chi connectivity index (χ4n) is 4.34. The summed E-state index contributed by atoms with van der Waals surface area (Å²) in [5.74, 6) is 3.06. The van der Waals surface area contributed by atoms with Crippen LogP contribution in [-0.2, 0) is 6.42 Å². The molecule has 1 aliphatic heterocycles. The molecule has 4 unspecified atom stereocenters. The molecule has 3 aliphatic rings. The molecular formula is C17H23NO. The fourth-order valence-corrected chi connectivity index (χ4v) is 4.34. The van der Waals surface area contributed by atoms with E-state index < -0.39 is 0 Å². The second-order valence-corrected chi connectivity index (χ2v) is 6.64. The minimum atomic E-state index is 0.468. The smallest absolute Gasteiger partial charge is 0.122 e. The zero-order valence-corrected chi connectivity index (χ0v) is 11.7. The zero-order valence-electron chi connectivity index (χ0n) is 11.7. The molecule has 2 aliphatic carbocycles. The second kappa shape index (κ2) is 4.52. The third-order valence-electron chi connectivity index (χ3n) is 5.42. The van der Waals surface area contributed by atoms with Gasteiger partial charge in [0.1, 0.15) is 5.75 Å². The van der Waals surface area contributed by atoms with Gasteiger partial charge in [-0.2, -0.15) is 0 Å². The number of hydrogen-bond donors (Lipinski definition) is 1. The maximum Gasteiger partial charge on any atom is 0.122 e. The minimum absolute atomic E-state index is 0.468. The maximum absolute atomic E-state index is 5.59. The van der Waals surface area contributed by atoms with Crippen LogP contribution in [0.1, 0.15) is 49.8 Å². The largest absolute Gasteiger partial charge is 0.493 e. The summed E-state index contributed by atoms with van der Waals surface area (Å²) in [5.41, 5.74) is 2.81. The highest BCUT2D eigenvalue weighted by molar-refractivity contribution is 5.40. The highest BCUT2D eigenvalue weighted by Crippen LogP contribution is 2.45. The molecule has 1 aromatic rings. The SMILES string of the molecule is CC(NC1CC2CCC1C2)c1ccc2c(c1)CCO2. The molecule has 0 radical (unpaired) electrons. The first kappa shape index (κ1) is 11.8. The van der Waals surface area contributed by atoms with E-state index in [1.807, 2.05) is 0 Å². The summed E-state index contributed by atoms with van der Waals surface area (Å²) in [6, 6.07) is 7.95. The lowest BCUT2D eigenvalue weighted by atomic mass is 9.93. The number of fused-ring (bicyclic) bond motifs is 3. The lowest BCUT2D eigenvalue weighted by Crippen LogP contribution is -2.35. The van der Waals surface area contributed by atoms with Crippen LogP contribution < -0.4 is 10.1 Å². The summed E-state index contributed by atoms with van der Waals surface area (Å²) in [6.07, 6.45) is 6.88. The van der Waals surface area contributed by atoms with Crippen molar-refractivity contribution in [1.29, 1.82) is 0 Å². The van der Waals surface area contributed by atoms with E-state index in [-0.39, 0.29) is 0 Å². The van der Waals surface area contributed by atoms with Crippen LogP contribution in [0.25, 0.3) is 0 Å². The molecule has 4 rings (SSSR count).